The Morgan fingerprint density at radius 2 is 2.42 bits per heavy atom. The van der Waals surface area contributed by atoms with Gasteiger partial charge in [-0.3, -0.25) is 0 Å². The molecule has 2 aromatic rings. The lowest BCUT2D eigenvalue weighted by atomic mass is 10.3. The smallest absolute Gasteiger partial charge is 0.201 e. The van der Waals surface area contributed by atoms with E-state index in [9.17, 15) is 0 Å². The van der Waals surface area contributed by atoms with E-state index in [-0.39, 0.29) is 12.1 Å². The zero-order valence-electron chi connectivity index (χ0n) is 11.1. The lowest BCUT2D eigenvalue weighted by Gasteiger charge is -2.16. The van der Waals surface area contributed by atoms with Gasteiger partial charge in [0.05, 0.1) is 30.4 Å². The molecule has 1 aliphatic rings. The van der Waals surface area contributed by atoms with Gasteiger partial charge < -0.3 is 19.8 Å². The normalized spacial score (nSPS) is 20.8. The molecule has 0 amide bonds. The van der Waals surface area contributed by atoms with Gasteiger partial charge >= 0.3 is 0 Å². The van der Waals surface area contributed by atoms with Gasteiger partial charge in [-0.2, -0.15) is 0 Å². The van der Waals surface area contributed by atoms with Crippen LogP contribution in [0.15, 0.2) is 24.3 Å². The summed E-state index contributed by atoms with van der Waals surface area (Å²) in [5.74, 6) is 0.792. The quantitative estimate of drug-likeness (QED) is 0.866. The maximum Gasteiger partial charge on any atom is 0.201 e. The van der Waals surface area contributed by atoms with E-state index in [1.165, 1.54) is 0 Å². The van der Waals surface area contributed by atoms with E-state index in [1.807, 2.05) is 24.3 Å². The summed E-state index contributed by atoms with van der Waals surface area (Å²) in [5.41, 5.74) is 2.02. The molecule has 2 N–H and O–H groups in total. The van der Waals surface area contributed by atoms with Crippen LogP contribution in [0.4, 0.5) is 5.95 Å². The van der Waals surface area contributed by atoms with Gasteiger partial charge in [-0.1, -0.05) is 12.1 Å². The molecule has 19 heavy (non-hydrogen) atoms. The van der Waals surface area contributed by atoms with Gasteiger partial charge in [0.2, 0.25) is 5.95 Å². The van der Waals surface area contributed by atoms with Crippen LogP contribution in [0.1, 0.15) is 13.3 Å². The van der Waals surface area contributed by atoms with E-state index < -0.39 is 0 Å². The summed E-state index contributed by atoms with van der Waals surface area (Å²) in [6.07, 6.45) is 1.25. The van der Waals surface area contributed by atoms with Gasteiger partial charge in [0.1, 0.15) is 0 Å². The zero-order valence-corrected chi connectivity index (χ0v) is 11.1. The SMILES string of the molecule is CC(COC1CCOC1)Nc1nc2ccccc2[nH]1. The molecular weight excluding hydrogens is 242 g/mol. The number of hydrogen-bond donors (Lipinski definition) is 2. The first-order chi connectivity index (χ1) is 9.31. The second-order valence-electron chi connectivity index (χ2n) is 4.97. The van der Waals surface area contributed by atoms with Crippen molar-refractivity contribution in [1.82, 2.24) is 9.97 Å². The van der Waals surface area contributed by atoms with Crippen LogP contribution in [-0.2, 0) is 9.47 Å². The maximum absolute atomic E-state index is 5.78. The maximum atomic E-state index is 5.78. The molecule has 2 atom stereocenters. The molecule has 0 radical (unpaired) electrons. The highest BCUT2D eigenvalue weighted by molar-refractivity contribution is 5.77. The molecule has 0 saturated carbocycles. The lowest BCUT2D eigenvalue weighted by molar-refractivity contribution is 0.0394. The molecule has 2 heterocycles. The van der Waals surface area contributed by atoms with Crippen LogP contribution in [0.3, 0.4) is 0 Å². The highest BCUT2D eigenvalue weighted by Gasteiger charge is 2.17. The number of hydrogen-bond acceptors (Lipinski definition) is 4. The van der Waals surface area contributed by atoms with Crippen LogP contribution < -0.4 is 5.32 Å². The van der Waals surface area contributed by atoms with Crippen LogP contribution in [0.5, 0.6) is 0 Å². The second kappa shape index (κ2) is 5.59. The number of imidazole rings is 1. The van der Waals surface area contributed by atoms with Crippen molar-refractivity contribution in [3.05, 3.63) is 24.3 Å². The monoisotopic (exact) mass is 261 g/mol. The minimum absolute atomic E-state index is 0.209. The molecule has 0 aliphatic carbocycles. The Bertz CT molecular complexity index is 501. The summed E-state index contributed by atoms with van der Waals surface area (Å²) in [6, 6.07) is 8.20. The molecule has 3 rings (SSSR count). The van der Waals surface area contributed by atoms with Gasteiger partial charge in [-0.25, -0.2) is 4.98 Å². The topological polar surface area (TPSA) is 59.2 Å². The van der Waals surface area contributed by atoms with Crippen molar-refractivity contribution in [3.63, 3.8) is 0 Å². The number of aromatic amines is 1. The van der Waals surface area contributed by atoms with Crippen molar-refractivity contribution in [1.29, 1.82) is 0 Å². The molecule has 5 heteroatoms. The summed E-state index contributed by atoms with van der Waals surface area (Å²) in [6.45, 7) is 4.28. The van der Waals surface area contributed by atoms with Gasteiger partial charge in [-0.05, 0) is 25.5 Å². The third-order valence-corrected chi connectivity index (χ3v) is 3.24. The number of benzene rings is 1. The first-order valence-corrected chi connectivity index (χ1v) is 6.72. The molecule has 1 aromatic heterocycles. The predicted octanol–water partition coefficient (Wildman–Crippen LogP) is 2.17. The first-order valence-electron chi connectivity index (χ1n) is 6.72. The highest BCUT2D eigenvalue weighted by atomic mass is 16.5. The van der Waals surface area contributed by atoms with Gasteiger partial charge in [-0.15, -0.1) is 0 Å². The second-order valence-corrected chi connectivity index (χ2v) is 4.97. The summed E-state index contributed by atoms with van der Waals surface area (Å²) in [4.78, 5) is 7.74. The van der Waals surface area contributed by atoms with Gasteiger partial charge in [0, 0.05) is 12.6 Å². The third-order valence-electron chi connectivity index (χ3n) is 3.24. The van der Waals surface area contributed by atoms with Crippen LogP contribution in [0, 0.1) is 0 Å². The van der Waals surface area contributed by atoms with Crippen molar-refractivity contribution in [2.75, 3.05) is 25.1 Å². The van der Waals surface area contributed by atoms with Crippen LogP contribution in [0.25, 0.3) is 11.0 Å². The summed E-state index contributed by atoms with van der Waals surface area (Å²) >= 11 is 0. The van der Waals surface area contributed by atoms with Crippen molar-refractivity contribution in [2.45, 2.75) is 25.5 Å². The number of H-pyrrole nitrogens is 1. The Labute approximate surface area is 112 Å². The number of para-hydroxylation sites is 2. The average molecular weight is 261 g/mol. The largest absolute Gasteiger partial charge is 0.379 e. The predicted molar refractivity (Wildman–Crippen MR) is 74.4 cm³/mol. The van der Waals surface area contributed by atoms with Crippen molar-refractivity contribution >= 4 is 17.0 Å². The molecule has 1 fully saturated rings. The Kier molecular flexibility index (Phi) is 3.66. The number of ether oxygens (including phenoxy) is 2. The van der Waals surface area contributed by atoms with E-state index in [2.05, 4.69) is 22.2 Å². The number of fused-ring (bicyclic) bond motifs is 1. The molecular formula is C14H19N3O2. The fourth-order valence-corrected chi connectivity index (χ4v) is 2.22. The molecule has 1 aliphatic heterocycles. The molecule has 102 valence electrons. The molecule has 0 spiro atoms. The number of nitrogens with one attached hydrogen (secondary N) is 2. The molecule has 1 aromatic carbocycles. The van der Waals surface area contributed by atoms with E-state index in [0.29, 0.717) is 6.61 Å². The fraction of sp³-hybridized carbons (Fsp3) is 0.500. The summed E-state index contributed by atoms with van der Waals surface area (Å²) < 4.78 is 11.1. The molecule has 1 saturated heterocycles. The highest BCUT2D eigenvalue weighted by Crippen LogP contribution is 2.14. The van der Waals surface area contributed by atoms with Crippen molar-refractivity contribution in [3.8, 4) is 0 Å². The van der Waals surface area contributed by atoms with Crippen molar-refractivity contribution < 1.29 is 9.47 Å². The zero-order chi connectivity index (χ0) is 13.1. The van der Waals surface area contributed by atoms with E-state index in [4.69, 9.17) is 9.47 Å². The average Bonchev–Trinajstić information content (AvgIpc) is 3.04. The third kappa shape index (κ3) is 3.05. The molecule has 2 unspecified atom stereocenters. The Morgan fingerprint density at radius 1 is 1.53 bits per heavy atom. The minimum atomic E-state index is 0.209. The number of anilines is 1. The number of aromatic nitrogens is 2. The Morgan fingerprint density at radius 3 is 3.21 bits per heavy atom. The first kappa shape index (κ1) is 12.4. The molecule has 0 bridgehead atoms. The Hall–Kier alpha value is -1.59. The molecule has 5 nitrogen and oxygen atoms in total. The lowest BCUT2D eigenvalue weighted by Crippen LogP contribution is -2.26. The van der Waals surface area contributed by atoms with Gasteiger partial charge in [0.25, 0.3) is 0 Å². The summed E-state index contributed by atoms with van der Waals surface area (Å²) in [7, 11) is 0. The summed E-state index contributed by atoms with van der Waals surface area (Å²) in [5, 5.41) is 3.32. The Balaban J connectivity index is 1.54. The van der Waals surface area contributed by atoms with Crippen molar-refractivity contribution in [2.24, 2.45) is 0 Å². The van der Waals surface area contributed by atoms with Gasteiger partial charge in [0.15, 0.2) is 0 Å². The standard InChI is InChI=1S/C14H19N3O2/c1-10(8-19-11-6-7-18-9-11)15-14-16-12-4-2-3-5-13(12)17-14/h2-5,10-11H,6-9H2,1H3,(H2,15,16,17). The van der Waals surface area contributed by atoms with E-state index >= 15 is 0 Å². The van der Waals surface area contributed by atoms with E-state index in [0.717, 1.165) is 36.6 Å². The fourth-order valence-electron chi connectivity index (χ4n) is 2.22. The van der Waals surface area contributed by atoms with E-state index in [1.54, 1.807) is 0 Å². The van der Waals surface area contributed by atoms with Crippen LogP contribution in [-0.4, -0.2) is 41.9 Å². The minimum Gasteiger partial charge on any atom is -0.379 e. The van der Waals surface area contributed by atoms with Crippen LogP contribution in [0.2, 0.25) is 0 Å². The number of nitrogens with zero attached hydrogens (tertiary/aromatic N) is 1. The van der Waals surface area contributed by atoms with Crippen LogP contribution >= 0.6 is 0 Å². The number of rotatable bonds is 5.